The number of aromatic nitrogens is 1. The molecule has 1 N–H and O–H groups in total. The van der Waals surface area contributed by atoms with Crippen LogP contribution in [0.5, 0.6) is 0 Å². The first-order valence-electron chi connectivity index (χ1n) is 6.56. The van der Waals surface area contributed by atoms with Crippen molar-refractivity contribution in [1.82, 2.24) is 9.71 Å². The molecule has 2 aromatic rings. The number of pyridine rings is 1. The van der Waals surface area contributed by atoms with Gasteiger partial charge in [0.05, 0.1) is 6.61 Å². The molecule has 21 heavy (non-hydrogen) atoms. The molecule has 0 aromatic carbocycles. The van der Waals surface area contributed by atoms with Gasteiger partial charge in [0.25, 0.3) is 0 Å². The highest BCUT2D eigenvalue weighted by atomic mass is 32.2. The second-order valence-corrected chi connectivity index (χ2v) is 6.19. The molecule has 0 unspecified atom stereocenters. The molecule has 6 nitrogen and oxygen atoms in total. The van der Waals surface area contributed by atoms with Crippen LogP contribution in [-0.2, 0) is 21.2 Å². The highest BCUT2D eigenvalue weighted by molar-refractivity contribution is 7.89. The number of nitrogens with one attached hydrogen (secondary N) is 1. The first kappa shape index (κ1) is 15.7. The van der Waals surface area contributed by atoms with E-state index in [1.54, 1.807) is 12.1 Å². The van der Waals surface area contributed by atoms with E-state index >= 15 is 0 Å². The molecule has 0 amide bonds. The minimum absolute atomic E-state index is 0.105. The summed E-state index contributed by atoms with van der Waals surface area (Å²) < 4.78 is 37.9. The molecule has 0 bridgehead atoms. The average molecular weight is 310 g/mol. The van der Waals surface area contributed by atoms with E-state index < -0.39 is 16.1 Å². The number of nitrogens with zero attached hydrogens (tertiary/aromatic N) is 1. The second-order valence-electron chi connectivity index (χ2n) is 4.48. The van der Waals surface area contributed by atoms with E-state index in [9.17, 15) is 8.42 Å². The third-order valence-corrected chi connectivity index (χ3v) is 4.41. The predicted octanol–water partition coefficient (Wildman–Crippen LogP) is 1.90. The van der Waals surface area contributed by atoms with Crippen LogP contribution in [0.1, 0.15) is 24.5 Å². The Kier molecular flexibility index (Phi) is 5.11. The third kappa shape index (κ3) is 3.90. The summed E-state index contributed by atoms with van der Waals surface area (Å²) in [6.45, 7) is 2.14. The van der Waals surface area contributed by atoms with Crippen molar-refractivity contribution >= 4 is 10.0 Å². The van der Waals surface area contributed by atoms with Crippen molar-refractivity contribution < 1.29 is 17.6 Å². The Morgan fingerprint density at radius 1 is 1.38 bits per heavy atom. The molecule has 0 aliphatic carbocycles. The summed E-state index contributed by atoms with van der Waals surface area (Å²) in [5.74, 6) is 1.33. The molecule has 7 heteroatoms. The lowest BCUT2D eigenvalue weighted by Gasteiger charge is -2.15. The Morgan fingerprint density at radius 3 is 2.76 bits per heavy atom. The van der Waals surface area contributed by atoms with Gasteiger partial charge in [-0.1, -0.05) is 6.92 Å². The lowest BCUT2D eigenvalue weighted by molar-refractivity contribution is 0.166. The van der Waals surface area contributed by atoms with Crippen LogP contribution >= 0.6 is 0 Å². The van der Waals surface area contributed by atoms with Crippen molar-refractivity contribution in [3.05, 3.63) is 48.2 Å². The zero-order chi connectivity index (χ0) is 15.3. The van der Waals surface area contributed by atoms with Gasteiger partial charge < -0.3 is 9.15 Å². The Hall–Kier alpha value is -1.70. The Bertz CT molecular complexity index is 667. The topological polar surface area (TPSA) is 81.4 Å². The SMILES string of the molecule is CCc1ccc([C@@H](COC)NS(=O)(=O)c2cccnc2)o1. The molecule has 0 saturated carbocycles. The molecular weight excluding hydrogens is 292 g/mol. The van der Waals surface area contributed by atoms with Gasteiger partial charge in [-0.05, 0) is 24.3 Å². The van der Waals surface area contributed by atoms with Gasteiger partial charge in [-0.2, -0.15) is 4.72 Å². The van der Waals surface area contributed by atoms with E-state index in [1.807, 2.05) is 13.0 Å². The molecule has 114 valence electrons. The van der Waals surface area contributed by atoms with Crippen LogP contribution in [0.25, 0.3) is 0 Å². The molecular formula is C14H18N2O4S. The number of hydrogen-bond donors (Lipinski definition) is 1. The molecule has 1 atom stereocenters. The zero-order valence-corrected chi connectivity index (χ0v) is 12.8. The van der Waals surface area contributed by atoms with Gasteiger partial charge in [0, 0.05) is 25.9 Å². The van der Waals surface area contributed by atoms with Gasteiger partial charge in [0.15, 0.2) is 0 Å². The smallest absolute Gasteiger partial charge is 0.242 e. The third-order valence-electron chi connectivity index (χ3n) is 2.95. The summed E-state index contributed by atoms with van der Waals surface area (Å²) in [5, 5.41) is 0. The largest absolute Gasteiger partial charge is 0.464 e. The highest BCUT2D eigenvalue weighted by Crippen LogP contribution is 2.20. The van der Waals surface area contributed by atoms with Crippen molar-refractivity contribution in [3.8, 4) is 0 Å². The summed E-state index contributed by atoms with van der Waals surface area (Å²) in [5.41, 5.74) is 0. The van der Waals surface area contributed by atoms with Gasteiger partial charge in [0.2, 0.25) is 10.0 Å². The number of furan rings is 1. The van der Waals surface area contributed by atoms with Crippen molar-refractivity contribution in [1.29, 1.82) is 0 Å². The molecule has 0 fully saturated rings. The van der Waals surface area contributed by atoms with Crippen molar-refractivity contribution in [2.24, 2.45) is 0 Å². The number of hydrogen-bond acceptors (Lipinski definition) is 5. The van der Waals surface area contributed by atoms with E-state index in [0.717, 1.165) is 12.2 Å². The first-order valence-corrected chi connectivity index (χ1v) is 8.05. The van der Waals surface area contributed by atoms with Gasteiger partial charge in [-0.15, -0.1) is 0 Å². The maximum absolute atomic E-state index is 12.3. The van der Waals surface area contributed by atoms with Gasteiger partial charge in [-0.25, -0.2) is 8.42 Å². The van der Waals surface area contributed by atoms with E-state index in [2.05, 4.69) is 9.71 Å². The molecule has 0 aliphatic rings. The summed E-state index contributed by atoms with van der Waals surface area (Å²) >= 11 is 0. The number of aryl methyl sites for hydroxylation is 1. The van der Waals surface area contributed by atoms with E-state index in [0.29, 0.717) is 5.76 Å². The molecule has 2 aromatic heterocycles. The van der Waals surface area contributed by atoms with E-state index in [1.165, 1.54) is 25.6 Å². The van der Waals surface area contributed by atoms with Gasteiger partial charge >= 0.3 is 0 Å². The Morgan fingerprint density at radius 2 is 2.19 bits per heavy atom. The van der Waals surface area contributed by atoms with Crippen molar-refractivity contribution in [2.45, 2.75) is 24.3 Å². The summed E-state index contributed by atoms with van der Waals surface area (Å²) in [7, 11) is -2.17. The number of rotatable bonds is 7. The quantitative estimate of drug-likeness (QED) is 0.844. The van der Waals surface area contributed by atoms with Crippen LogP contribution in [-0.4, -0.2) is 27.1 Å². The normalized spacial score (nSPS) is 13.2. The summed E-state index contributed by atoms with van der Waals surface area (Å²) in [6, 6.07) is 6.06. The van der Waals surface area contributed by atoms with Crippen molar-refractivity contribution in [3.63, 3.8) is 0 Å². The standard InChI is InChI=1S/C14H18N2O4S/c1-3-11-6-7-14(20-11)13(10-19-2)16-21(17,18)12-5-4-8-15-9-12/h4-9,13,16H,3,10H2,1-2H3/t13-/m1/s1. The number of methoxy groups -OCH3 is 1. The van der Waals surface area contributed by atoms with Crippen molar-refractivity contribution in [2.75, 3.05) is 13.7 Å². The number of sulfonamides is 1. The fourth-order valence-corrected chi connectivity index (χ4v) is 3.03. The van der Waals surface area contributed by atoms with Gasteiger partial charge in [-0.3, -0.25) is 4.98 Å². The lowest BCUT2D eigenvalue weighted by atomic mass is 10.2. The minimum atomic E-state index is -3.68. The minimum Gasteiger partial charge on any atom is -0.464 e. The average Bonchev–Trinajstić information content (AvgIpc) is 2.96. The molecule has 0 aliphatic heterocycles. The molecule has 0 radical (unpaired) electrons. The van der Waals surface area contributed by atoms with Gasteiger partial charge in [0.1, 0.15) is 22.5 Å². The maximum Gasteiger partial charge on any atom is 0.242 e. The van der Waals surface area contributed by atoms with Crippen LogP contribution < -0.4 is 4.72 Å². The first-order chi connectivity index (χ1) is 10.1. The summed E-state index contributed by atoms with van der Waals surface area (Å²) in [6.07, 6.45) is 3.56. The Labute approximate surface area is 124 Å². The molecule has 0 saturated heterocycles. The molecule has 2 heterocycles. The monoisotopic (exact) mass is 310 g/mol. The fraction of sp³-hybridized carbons (Fsp3) is 0.357. The second kappa shape index (κ2) is 6.84. The predicted molar refractivity (Wildman–Crippen MR) is 77.3 cm³/mol. The lowest BCUT2D eigenvalue weighted by Crippen LogP contribution is -2.31. The van der Waals surface area contributed by atoms with Crippen LogP contribution in [0.4, 0.5) is 0 Å². The maximum atomic E-state index is 12.3. The van der Waals surface area contributed by atoms with E-state index in [-0.39, 0.29) is 11.5 Å². The van der Waals surface area contributed by atoms with E-state index in [4.69, 9.17) is 9.15 Å². The van der Waals surface area contributed by atoms with Crippen LogP contribution in [0.2, 0.25) is 0 Å². The van der Waals surface area contributed by atoms with Crippen LogP contribution in [0.15, 0.2) is 46.0 Å². The zero-order valence-electron chi connectivity index (χ0n) is 11.9. The van der Waals surface area contributed by atoms with Crippen LogP contribution in [0, 0.1) is 0 Å². The Balaban J connectivity index is 2.23. The number of ether oxygens (including phenoxy) is 1. The molecule has 2 rings (SSSR count). The summed E-state index contributed by atoms with van der Waals surface area (Å²) in [4.78, 5) is 3.93. The fourth-order valence-electron chi connectivity index (χ4n) is 1.87. The molecule has 0 spiro atoms. The van der Waals surface area contributed by atoms with Crippen LogP contribution in [0.3, 0.4) is 0 Å². The highest BCUT2D eigenvalue weighted by Gasteiger charge is 2.23.